The first-order valence-corrected chi connectivity index (χ1v) is 12.0. The first-order chi connectivity index (χ1) is 16.0. The number of halogens is 1. The molecule has 0 spiro atoms. The maximum atomic E-state index is 14.2. The van der Waals surface area contributed by atoms with Crippen molar-refractivity contribution in [3.63, 3.8) is 0 Å². The molecule has 1 N–H and O–H groups in total. The Hall–Kier alpha value is -3.32. The lowest BCUT2D eigenvalue weighted by Crippen LogP contribution is -2.27. The van der Waals surface area contributed by atoms with Crippen LogP contribution < -0.4 is 5.56 Å². The van der Waals surface area contributed by atoms with Gasteiger partial charge in [0.1, 0.15) is 10.8 Å². The van der Waals surface area contributed by atoms with Crippen LogP contribution in [0.2, 0.25) is 0 Å². The van der Waals surface area contributed by atoms with E-state index in [0.29, 0.717) is 29.2 Å². The first kappa shape index (κ1) is 21.5. The molecule has 2 aromatic heterocycles. The van der Waals surface area contributed by atoms with Crippen LogP contribution in [0, 0.1) is 12.7 Å². The minimum atomic E-state index is -0.745. The van der Waals surface area contributed by atoms with Gasteiger partial charge in [-0.1, -0.05) is 36.4 Å². The van der Waals surface area contributed by atoms with E-state index < -0.39 is 11.6 Å². The second-order valence-electron chi connectivity index (χ2n) is 8.32. The Kier molecular flexibility index (Phi) is 5.81. The normalized spacial score (nSPS) is 13.2. The zero-order valence-corrected chi connectivity index (χ0v) is 19.2. The summed E-state index contributed by atoms with van der Waals surface area (Å²) >= 11 is 1.57. The van der Waals surface area contributed by atoms with Gasteiger partial charge in [-0.2, -0.15) is 0 Å². The van der Waals surface area contributed by atoms with Crippen LogP contribution in [0.1, 0.15) is 34.7 Å². The standard InChI is InChI=1S/C26H24FN3O2S/c1-16-22(25-29-20-12-5-6-13-21(20)33-25)26(32)30(15-14-17-8-3-2-4-9-17)24(28-16)18-10-7-11-19(27)23(18)31/h2-4,7-11,31H,5-6,12-15H2,1H3. The SMILES string of the molecule is Cc1nc(-c2cccc(F)c2O)n(CCc2ccccc2)c(=O)c1-c1nc2c(s1)CCCC2. The number of aromatic hydroxyl groups is 1. The third kappa shape index (κ3) is 4.09. The summed E-state index contributed by atoms with van der Waals surface area (Å²) in [5, 5.41) is 11.1. The molecular formula is C26H24FN3O2S. The van der Waals surface area contributed by atoms with Crippen LogP contribution in [0.5, 0.6) is 5.75 Å². The van der Waals surface area contributed by atoms with Crippen LogP contribution in [-0.2, 0) is 25.8 Å². The molecule has 5 rings (SSSR count). The van der Waals surface area contributed by atoms with Crippen molar-refractivity contribution in [3.8, 4) is 27.7 Å². The molecule has 5 nitrogen and oxygen atoms in total. The largest absolute Gasteiger partial charge is 0.504 e. The highest BCUT2D eigenvalue weighted by Gasteiger charge is 2.24. The maximum Gasteiger partial charge on any atom is 0.264 e. The minimum Gasteiger partial charge on any atom is -0.504 e. The maximum absolute atomic E-state index is 14.2. The van der Waals surface area contributed by atoms with E-state index in [-0.39, 0.29) is 16.9 Å². The molecule has 0 unspecified atom stereocenters. The quantitative estimate of drug-likeness (QED) is 0.437. The predicted molar refractivity (Wildman–Crippen MR) is 128 cm³/mol. The van der Waals surface area contributed by atoms with E-state index in [1.807, 2.05) is 30.3 Å². The van der Waals surface area contributed by atoms with Crippen LogP contribution in [0.3, 0.4) is 0 Å². The molecule has 2 heterocycles. The smallest absolute Gasteiger partial charge is 0.264 e. The molecule has 0 saturated carbocycles. The molecule has 0 atom stereocenters. The minimum absolute atomic E-state index is 0.202. The number of phenols is 1. The summed E-state index contributed by atoms with van der Waals surface area (Å²) in [7, 11) is 0. The van der Waals surface area contributed by atoms with Crippen molar-refractivity contribution in [1.82, 2.24) is 14.5 Å². The van der Waals surface area contributed by atoms with E-state index in [0.717, 1.165) is 36.9 Å². The predicted octanol–water partition coefficient (Wildman–Crippen LogP) is 5.31. The molecule has 168 valence electrons. The lowest BCUT2D eigenvalue weighted by Gasteiger charge is -2.16. The fraction of sp³-hybridized carbons (Fsp3) is 0.269. The Balaban J connectivity index is 1.67. The Morgan fingerprint density at radius 3 is 2.64 bits per heavy atom. The molecule has 7 heteroatoms. The van der Waals surface area contributed by atoms with Crippen molar-refractivity contribution in [2.24, 2.45) is 0 Å². The molecule has 0 bridgehead atoms. The van der Waals surface area contributed by atoms with E-state index in [1.54, 1.807) is 28.9 Å². The second-order valence-corrected chi connectivity index (χ2v) is 9.40. The second kappa shape index (κ2) is 8.90. The van der Waals surface area contributed by atoms with Crippen molar-refractivity contribution in [1.29, 1.82) is 0 Å². The number of fused-ring (bicyclic) bond motifs is 1. The third-order valence-corrected chi connectivity index (χ3v) is 7.28. The van der Waals surface area contributed by atoms with E-state index in [9.17, 15) is 14.3 Å². The first-order valence-electron chi connectivity index (χ1n) is 11.1. The summed E-state index contributed by atoms with van der Waals surface area (Å²) in [5.41, 5.74) is 3.16. The Morgan fingerprint density at radius 2 is 1.85 bits per heavy atom. The monoisotopic (exact) mass is 461 g/mol. The van der Waals surface area contributed by atoms with Gasteiger partial charge in [0.2, 0.25) is 0 Å². The summed E-state index contributed by atoms with van der Waals surface area (Å²) in [5.74, 6) is -0.990. The molecule has 1 aliphatic rings. The Labute approximate surface area is 195 Å². The number of benzene rings is 2. The van der Waals surface area contributed by atoms with Gasteiger partial charge in [0.05, 0.1) is 22.5 Å². The average molecular weight is 462 g/mol. The van der Waals surface area contributed by atoms with Gasteiger partial charge in [-0.25, -0.2) is 14.4 Å². The molecular weight excluding hydrogens is 437 g/mol. The number of phenolic OH excluding ortho intramolecular Hbond substituents is 1. The number of nitrogens with zero attached hydrogens (tertiary/aromatic N) is 3. The fourth-order valence-corrected chi connectivity index (χ4v) is 5.60. The van der Waals surface area contributed by atoms with Crippen molar-refractivity contribution in [2.45, 2.75) is 45.6 Å². The van der Waals surface area contributed by atoms with Crippen LogP contribution in [-0.4, -0.2) is 19.6 Å². The van der Waals surface area contributed by atoms with Gasteiger partial charge in [-0.15, -0.1) is 11.3 Å². The summed E-state index contributed by atoms with van der Waals surface area (Å²) in [4.78, 5) is 24.6. The zero-order chi connectivity index (χ0) is 22.9. The van der Waals surface area contributed by atoms with Crippen LogP contribution in [0.15, 0.2) is 53.3 Å². The highest BCUT2D eigenvalue weighted by atomic mass is 32.1. The molecule has 2 aromatic carbocycles. The lowest BCUT2D eigenvalue weighted by atomic mass is 10.0. The Morgan fingerprint density at radius 1 is 1.06 bits per heavy atom. The summed E-state index contributed by atoms with van der Waals surface area (Å²) in [6, 6.07) is 14.1. The van der Waals surface area contributed by atoms with E-state index >= 15 is 0 Å². The summed E-state index contributed by atoms with van der Waals surface area (Å²) in [6.07, 6.45) is 4.80. The van der Waals surface area contributed by atoms with Gasteiger partial charge in [-0.05, 0) is 56.7 Å². The van der Waals surface area contributed by atoms with E-state index in [1.165, 1.54) is 17.0 Å². The zero-order valence-electron chi connectivity index (χ0n) is 18.3. The summed E-state index contributed by atoms with van der Waals surface area (Å²) in [6.45, 7) is 2.12. The molecule has 0 aliphatic heterocycles. The van der Waals surface area contributed by atoms with Crippen molar-refractivity contribution in [3.05, 3.63) is 86.5 Å². The number of aromatic nitrogens is 3. The number of para-hydroxylation sites is 1. The topological polar surface area (TPSA) is 68.0 Å². The van der Waals surface area contributed by atoms with Gasteiger partial charge >= 0.3 is 0 Å². The molecule has 33 heavy (non-hydrogen) atoms. The van der Waals surface area contributed by atoms with Gasteiger partial charge in [0.15, 0.2) is 11.6 Å². The van der Waals surface area contributed by atoms with Crippen molar-refractivity contribution in [2.75, 3.05) is 0 Å². The van der Waals surface area contributed by atoms with Crippen LogP contribution >= 0.6 is 11.3 Å². The Bertz CT molecular complexity index is 1360. The number of aryl methyl sites for hydroxylation is 4. The van der Waals surface area contributed by atoms with Gasteiger partial charge in [0.25, 0.3) is 5.56 Å². The van der Waals surface area contributed by atoms with E-state index in [4.69, 9.17) is 9.97 Å². The van der Waals surface area contributed by atoms with Crippen LogP contribution in [0.25, 0.3) is 22.0 Å². The van der Waals surface area contributed by atoms with Gasteiger partial charge in [-0.3, -0.25) is 9.36 Å². The summed E-state index contributed by atoms with van der Waals surface area (Å²) < 4.78 is 15.7. The molecule has 0 radical (unpaired) electrons. The molecule has 0 saturated heterocycles. The van der Waals surface area contributed by atoms with E-state index in [2.05, 4.69) is 0 Å². The highest BCUT2D eigenvalue weighted by Crippen LogP contribution is 2.34. The molecule has 4 aromatic rings. The number of thiazole rings is 1. The number of hydrogen-bond acceptors (Lipinski definition) is 5. The average Bonchev–Trinajstić information content (AvgIpc) is 3.24. The van der Waals surface area contributed by atoms with Crippen molar-refractivity contribution >= 4 is 11.3 Å². The molecule has 1 aliphatic carbocycles. The van der Waals surface area contributed by atoms with Gasteiger partial charge in [0, 0.05) is 11.4 Å². The fourth-order valence-electron chi connectivity index (χ4n) is 4.36. The highest BCUT2D eigenvalue weighted by molar-refractivity contribution is 7.15. The number of hydrogen-bond donors (Lipinski definition) is 1. The molecule has 0 amide bonds. The van der Waals surface area contributed by atoms with Crippen molar-refractivity contribution < 1.29 is 9.50 Å². The molecule has 0 fully saturated rings. The number of rotatable bonds is 5. The lowest BCUT2D eigenvalue weighted by molar-refractivity contribution is 0.433. The van der Waals surface area contributed by atoms with Crippen LogP contribution in [0.4, 0.5) is 4.39 Å². The third-order valence-electron chi connectivity index (χ3n) is 6.10. The van der Waals surface area contributed by atoms with Gasteiger partial charge < -0.3 is 5.11 Å².